The van der Waals surface area contributed by atoms with Gasteiger partial charge in [0.1, 0.15) is 36.4 Å². The Kier molecular flexibility index (Phi) is 5.08. The van der Waals surface area contributed by atoms with E-state index in [0.29, 0.717) is 16.6 Å². The summed E-state index contributed by atoms with van der Waals surface area (Å²) < 4.78 is 36.7. The quantitative estimate of drug-likeness (QED) is 0.598. The van der Waals surface area contributed by atoms with Gasteiger partial charge in [0.2, 0.25) is 5.91 Å². The molecule has 0 aliphatic carbocycles. The minimum absolute atomic E-state index is 0.0256. The van der Waals surface area contributed by atoms with Crippen LogP contribution < -0.4 is 15.6 Å². The van der Waals surface area contributed by atoms with E-state index in [4.69, 9.17) is 0 Å². The maximum absolute atomic E-state index is 12.2. The molecule has 0 fully saturated rings. The number of hydrogen-bond donors (Lipinski definition) is 3. The van der Waals surface area contributed by atoms with Crippen LogP contribution in [0, 0.1) is 11.3 Å². The highest BCUT2D eigenvalue weighted by molar-refractivity contribution is 5.90. The SMILES string of the molecule is C[C@H](Nc1cc(C#N)nc(-c2c[nH]c3nc[nH+]cc23)n1)C(=O)NCC(F)(F)F. The van der Waals surface area contributed by atoms with Crippen molar-refractivity contribution in [3.63, 3.8) is 0 Å². The van der Waals surface area contributed by atoms with E-state index < -0.39 is 24.7 Å². The van der Waals surface area contributed by atoms with Crippen LogP contribution in [0.5, 0.6) is 0 Å². The van der Waals surface area contributed by atoms with E-state index in [1.807, 2.05) is 6.07 Å². The van der Waals surface area contributed by atoms with Crippen LogP contribution in [0.25, 0.3) is 22.4 Å². The molecule has 0 radical (unpaired) electrons. The molecule has 0 saturated heterocycles. The maximum Gasteiger partial charge on any atom is 0.405 e. The highest BCUT2D eigenvalue weighted by atomic mass is 19.4. The molecular weight excluding hydrogens is 377 g/mol. The lowest BCUT2D eigenvalue weighted by Gasteiger charge is -2.16. The second-order valence-electron chi connectivity index (χ2n) is 5.81. The van der Waals surface area contributed by atoms with Gasteiger partial charge in [-0.25, -0.2) is 15.0 Å². The predicted octanol–water partition coefficient (Wildman–Crippen LogP) is 1.18. The molecule has 28 heavy (non-hydrogen) atoms. The lowest BCUT2D eigenvalue weighted by Crippen LogP contribution is -2.42. The fraction of sp³-hybridized carbons (Fsp3) is 0.250. The topological polar surface area (TPSA) is 134 Å². The summed E-state index contributed by atoms with van der Waals surface area (Å²) in [5.74, 6) is -0.544. The third kappa shape index (κ3) is 4.32. The van der Waals surface area contributed by atoms with Gasteiger partial charge in [0.25, 0.3) is 12.0 Å². The Hall–Kier alpha value is -3.75. The number of amides is 1. The van der Waals surface area contributed by atoms with Crippen LogP contribution in [0.4, 0.5) is 19.0 Å². The normalized spacial score (nSPS) is 12.4. The van der Waals surface area contributed by atoms with Crippen molar-refractivity contribution in [1.29, 1.82) is 5.26 Å². The average Bonchev–Trinajstić information content (AvgIpc) is 3.09. The highest BCUT2D eigenvalue weighted by Gasteiger charge is 2.28. The minimum Gasteiger partial charge on any atom is -0.358 e. The lowest BCUT2D eigenvalue weighted by atomic mass is 10.2. The van der Waals surface area contributed by atoms with E-state index in [1.165, 1.54) is 19.3 Å². The number of rotatable bonds is 5. The van der Waals surface area contributed by atoms with Crippen LogP contribution in [-0.4, -0.2) is 44.6 Å². The standard InChI is InChI=1S/C16H13F3N8O/c1-8(15(28)23-6-16(17,18)19)25-12-2-9(3-20)26-14(27-12)11-5-22-13-10(11)4-21-7-24-13/h2,4-5,7-8H,6H2,1H3,(H,23,28)(H,21,22,24)(H,25,26,27)/p+1/t8-/m0/s1. The van der Waals surface area contributed by atoms with Crippen molar-refractivity contribution < 1.29 is 22.9 Å². The Balaban J connectivity index is 1.86. The lowest BCUT2D eigenvalue weighted by molar-refractivity contribution is -0.380. The molecule has 0 spiro atoms. The molecule has 0 aliphatic heterocycles. The van der Waals surface area contributed by atoms with Crippen molar-refractivity contribution in [2.75, 3.05) is 11.9 Å². The smallest absolute Gasteiger partial charge is 0.358 e. The number of alkyl halides is 3. The number of aromatic nitrogens is 5. The highest BCUT2D eigenvalue weighted by Crippen LogP contribution is 2.25. The molecule has 4 N–H and O–H groups in total. The zero-order valence-corrected chi connectivity index (χ0v) is 14.4. The van der Waals surface area contributed by atoms with Crippen LogP contribution in [0.1, 0.15) is 12.6 Å². The van der Waals surface area contributed by atoms with Gasteiger partial charge in [0.15, 0.2) is 5.82 Å². The summed E-state index contributed by atoms with van der Waals surface area (Å²) in [6.45, 7) is -0.0563. The van der Waals surface area contributed by atoms with Crippen LogP contribution in [0.15, 0.2) is 24.8 Å². The van der Waals surface area contributed by atoms with Crippen molar-refractivity contribution in [3.8, 4) is 17.5 Å². The third-order valence-electron chi connectivity index (χ3n) is 3.70. The van der Waals surface area contributed by atoms with Crippen LogP contribution in [0.2, 0.25) is 0 Å². The molecule has 9 nitrogen and oxygen atoms in total. The minimum atomic E-state index is -4.51. The van der Waals surface area contributed by atoms with Gasteiger partial charge in [-0.3, -0.25) is 4.79 Å². The fourth-order valence-electron chi connectivity index (χ4n) is 2.41. The Labute approximate surface area is 156 Å². The Morgan fingerprint density at radius 2 is 2.21 bits per heavy atom. The first kappa shape index (κ1) is 19.0. The maximum atomic E-state index is 12.2. The van der Waals surface area contributed by atoms with Crippen molar-refractivity contribution in [3.05, 3.63) is 30.5 Å². The van der Waals surface area contributed by atoms with Gasteiger partial charge in [-0.1, -0.05) is 0 Å². The molecule has 1 amide bonds. The van der Waals surface area contributed by atoms with Gasteiger partial charge in [0.05, 0.1) is 10.9 Å². The summed E-state index contributed by atoms with van der Waals surface area (Å²) in [4.78, 5) is 30.1. The number of carbonyl (C=O) groups is 1. The first-order valence-electron chi connectivity index (χ1n) is 8.00. The molecule has 3 aromatic rings. The number of fused-ring (bicyclic) bond motifs is 1. The summed E-state index contributed by atoms with van der Waals surface area (Å²) >= 11 is 0. The summed E-state index contributed by atoms with van der Waals surface area (Å²) in [5.41, 5.74) is 1.17. The van der Waals surface area contributed by atoms with Gasteiger partial charge < -0.3 is 15.6 Å². The first-order chi connectivity index (χ1) is 13.3. The number of nitriles is 1. The van der Waals surface area contributed by atoms with E-state index in [9.17, 15) is 23.2 Å². The summed E-state index contributed by atoms with van der Waals surface area (Å²) in [6.07, 6.45) is 0.275. The molecule has 3 rings (SSSR count). The van der Waals surface area contributed by atoms with E-state index in [2.05, 4.69) is 30.2 Å². The van der Waals surface area contributed by atoms with Gasteiger partial charge in [-0.05, 0) is 11.9 Å². The molecule has 3 heterocycles. The predicted molar refractivity (Wildman–Crippen MR) is 90.5 cm³/mol. The Bertz CT molecular complexity index is 1060. The molecule has 0 unspecified atom stereocenters. The number of halogens is 3. The van der Waals surface area contributed by atoms with E-state index in [-0.39, 0.29) is 17.3 Å². The second kappa shape index (κ2) is 7.47. The van der Waals surface area contributed by atoms with Crippen molar-refractivity contribution in [2.24, 2.45) is 0 Å². The number of nitrogens with one attached hydrogen (secondary N) is 4. The Morgan fingerprint density at radius 3 is 2.93 bits per heavy atom. The van der Waals surface area contributed by atoms with Crippen LogP contribution >= 0.6 is 0 Å². The molecule has 12 heteroatoms. The molecular formula is C16H14F3N8O+. The molecule has 1 atom stereocenters. The van der Waals surface area contributed by atoms with Crippen LogP contribution in [-0.2, 0) is 4.79 Å². The summed E-state index contributed by atoms with van der Waals surface area (Å²) in [5, 5.41) is 14.4. The monoisotopic (exact) mass is 391 g/mol. The third-order valence-corrected chi connectivity index (χ3v) is 3.70. The van der Waals surface area contributed by atoms with E-state index in [0.717, 1.165) is 0 Å². The zero-order valence-electron chi connectivity index (χ0n) is 14.4. The number of nitrogens with zero attached hydrogens (tertiary/aromatic N) is 4. The number of carbonyl (C=O) groups excluding carboxylic acids is 1. The molecule has 0 aliphatic rings. The number of hydrogen-bond acceptors (Lipinski definition) is 6. The van der Waals surface area contributed by atoms with Gasteiger partial charge >= 0.3 is 6.18 Å². The van der Waals surface area contributed by atoms with Crippen molar-refractivity contribution in [1.82, 2.24) is 25.3 Å². The molecule has 0 bridgehead atoms. The van der Waals surface area contributed by atoms with E-state index in [1.54, 1.807) is 17.7 Å². The average molecular weight is 391 g/mol. The molecule has 0 aromatic carbocycles. The first-order valence-corrected chi connectivity index (χ1v) is 8.00. The summed E-state index contributed by atoms with van der Waals surface area (Å²) in [7, 11) is 0. The zero-order chi connectivity index (χ0) is 20.3. The van der Waals surface area contributed by atoms with Gasteiger partial charge in [-0.2, -0.15) is 18.4 Å². The summed E-state index contributed by atoms with van der Waals surface area (Å²) in [6, 6.07) is 2.17. The van der Waals surface area contributed by atoms with Gasteiger partial charge in [0, 0.05) is 12.3 Å². The van der Waals surface area contributed by atoms with Crippen LogP contribution in [0.3, 0.4) is 0 Å². The van der Waals surface area contributed by atoms with Crippen molar-refractivity contribution in [2.45, 2.75) is 19.1 Å². The van der Waals surface area contributed by atoms with Gasteiger partial charge in [-0.15, -0.1) is 0 Å². The number of H-pyrrole nitrogens is 2. The van der Waals surface area contributed by atoms with E-state index >= 15 is 0 Å². The number of anilines is 1. The molecule has 0 saturated carbocycles. The molecule has 3 aromatic heterocycles. The fourth-order valence-corrected chi connectivity index (χ4v) is 2.41. The Morgan fingerprint density at radius 1 is 1.43 bits per heavy atom. The van der Waals surface area contributed by atoms with Crippen molar-refractivity contribution >= 4 is 22.8 Å². The second-order valence-corrected chi connectivity index (χ2v) is 5.81. The number of aromatic amines is 2. The molecule has 144 valence electrons. The largest absolute Gasteiger partial charge is 0.405 e.